The Morgan fingerprint density at radius 1 is 1.42 bits per heavy atom. The number of aliphatic imine (C=N–C) groups is 1. The molecule has 0 aromatic rings. The second kappa shape index (κ2) is 4.38. The van der Waals surface area contributed by atoms with Gasteiger partial charge in [-0.05, 0) is 27.7 Å². The summed E-state index contributed by atoms with van der Waals surface area (Å²) in [5.41, 5.74) is -0.115. The van der Waals surface area contributed by atoms with E-state index in [-0.39, 0.29) is 5.54 Å². The summed E-state index contributed by atoms with van der Waals surface area (Å²) in [4.78, 5) is 3.66. The molecule has 0 unspecified atom stereocenters. The number of halogens is 2. The van der Waals surface area contributed by atoms with Crippen LogP contribution in [-0.4, -0.2) is 24.3 Å². The van der Waals surface area contributed by atoms with E-state index in [2.05, 4.69) is 10.3 Å². The predicted molar refractivity (Wildman–Crippen MR) is 46.9 cm³/mol. The number of rotatable bonds is 2. The number of hydrogen-bond acceptors (Lipinski definition) is 1. The summed E-state index contributed by atoms with van der Waals surface area (Å²) < 4.78 is 23.4. The minimum absolute atomic E-state index is 0.115. The average Bonchev–Trinajstić information content (AvgIpc) is 1.79. The first-order valence-corrected chi connectivity index (χ1v) is 3.88. The van der Waals surface area contributed by atoms with Crippen LogP contribution >= 0.6 is 0 Å². The van der Waals surface area contributed by atoms with Gasteiger partial charge in [0.2, 0.25) is 0 Å². The zero-order valence-corrected chi connectivity index (χ0v) is 7.99. The lowest BCUT2D eigenvalue weighted by Crippen LogP contribution is -2.39. The fourth-order valence-corrected chi connectivity index (χ4v) is 0.788. The van der Waals surface area contributed by atoms with Crippen LogP contribution in [-0.2, 0) is 0 Å². The third-order valence-corrected chi connectivity index (χ3v) is 1.02. The van der Waals surface area contributed by atoms with E-state index in [9.17, 15) is 8.78 Å². The summed E-state index contributed by atoms with van der Waals surface area (Å²) in [5.74, 6) is 0.558. The van der Waals surface area contributed by atoms with Crippen molar-refractivity contribution in [2.45, 2.75) is 39.7 Å². The Kier molecular flexibility index (Phi) is 4.13. The van der Waals surface area contributed by atoms with Gasteiger partial charge in [-0.1, -0.05) is 0 Å². The molecule has 0 bridgehead atoms. The van der Waals surface area contributed by atoms with E-state index in [1.807, 2.05) is 20.8 Å². The standard InChI is InChI=1S/C8H16F2N2/c1-6(11-5-7(9)10)12-8(2,3)4/h7H,5H2,1-4H3,(H,11,12). The normalized spacial score (nSPS) is 13.8. The highest BCUT2D eigenvalue weighted by Gasteiger charge is 2.09. The monoisotopic (exact) mass is 178 g/mol. The van der Waals surface area contributed by atoms with E-state index in [1.165, 1.54) is 0 Å². The highest BCUT2D eigenvalue weighted by atomic mass is 19.3. The molecular weight excluding hydrogens is 162 g/mol. The van der Waals surface area contributed by atoms with Crippen LogP contribution in [0.2, 0.25) is 0 Å². The van der Waals surface area contributed by atoms with E-state index in [0.29, 0.717) is 5.84 Å². The second-order valence-electron chi connectivity index (χ2n) is 3.69. The van der Waals surface area contributed by atoms with Crippen LogP contribution in [0.3, 0.4) is 0 Å². The van der Waals surface area contributed by atoms with Gasteiger partial charge in [-0.25, -0.2) is 8.78 Å². The molecule has 0 amide bonds. The molecule has 1 N–H and O–H groups in total. The first kappa shape index (κ1) is 11.3. The van der Waals surface area contributed by atoms with Crippen LogP contribution in [0.5, 0.6) is 0 Å². The van der Waals surface area contributed by atoms with Gasteiger partial charge in [0.1, 0.15) is 6.54 Å². The summed E-state index contributed by atoms with van der Waals surface area (Å²) in [6.07, 6.45) is -2.36. The van der Waals surface area contributed by atoms with E-state index in [0.717, 1.165) is 0 Å². The van der Waals surface area contributed by atoms with Crippen molar-refractivity contribution in [3.8, 4) is 0 Å². The molecule has 0 aliphatic heterocycles. The van der Waals surface area contributed by atoms with Gasteiger partial charge < -0.3 is 5.32 Å². The molecule has 0 saturated carbocycles. The SMILES string of the molecule is CC(=NCC(F)F)NC(C)(C)C. The zero-order valence-electron chi connectivity index (χ0n) is 7.99. The Labute approximate surface area is 72.1 Å². The molecule has 0 radical (unpaired) electrons. The van der Waals surface area contributed by atoms with Crippen molar-refractivity contribution in [2.75, 3.05) is 6.54 Å². The molecule has 0 heterocycles. The minimum atomic E-state index is -2.36. The lowest BCUT2D eigenvalue weighted by atomic mass is 10.1. The summed E-state index contributed by atoms with van der Waals surface area (Å²) in [7, 11) is 0. The predicted octanol–water partition coefficient (Wildman–Crippen LogP) is 2.06. The van der Waals surface area contributed by atoms with Crippen molar-refractivity contribution >= 4 is 5.84 Å². The van der Waals surface area contributed by atoms with Crippen molar-refractivity contribution in [1.29, 1.82) is 0 Å². The Balaban J connectivity index is 3.86. The lowest BCUT2D eigenvalue weighted by Gasteiger charge is -2.21. The molecule has 12 heavy (non-hydrogen) atoms. The lowest BCUT2D eigenvalue weighted by molar-refractivity contribution is 0.158. The van der Waals surface area contributed by atoms with Gasteiger partial charge in [-0.3, -0.25) is 4.99 Å². The third kappa shape index (κ3) is 7.44. The molecule has 0 atom stereocenters. The van der Waals surface area contributed by atoms with Gasteiger partial charge in [0, 0.05) is 5.54 Å². The average molecular weight is 178 g/mol. The Bertz CT molecular complexity index is 159. The highest BCUT2D eigenvalue weighted by molar-refractivity contribution is 5.80. The maximum Gasteiger partial charge on any atom is 0.257 e. The largest absolute Gasteiger partial charge is 0.369 e. The van der Waals surface area contributed by atoms with Crippen molar-refractivity contribution in [3.63, 3.8) is 0 Å². The van der Waals surface area contributed by atoms with Gasteiger partial charge in [0.05, 0.1) is 5.84 Å². The summed E-state index contributed by atoms with van der Waals surface area (Å²) >= 11 is 0. The highest BCUT2D eigenvalue weighted by Crippen LogP contribution is 1.99. The van der Waals surface area contributed by atoms with E-state index in [1.54, 1.807) is 6.92 Å². The van der Waals surface area contributed by atoms with Crippen LogP contribution in [0.1, 0.15) is 27.7 Å². The van der Waals surface area contributed by atoms with Gasteiger partial charge >= 0.3 is 0 Å². The Morgan fingerprint density at radius 3 is 2.25 bits per heavy atom. The molecule has 2 nitrogen and oxygen atoms in total. The maximum atomic E-state index is 11.7. The topological polar surface area (TPSA) is 24.4 Å². The third-order valence-electron chi connectivity index (χ3n) is 1.02. The smallest absolute Gasteiger partial charge is 0.257 e. The Morgan fingerprint density at radius 2 is 1.92 bits per heavy atom. The van der Waals surface area contributed by atoms with Gasteiger partial charge in [-0.2, -0.15) is 0 Å². The van der Waals surface area contributed by atoms with Crippen molar-refractivity contribution in [1.82, 2.24) is 5.32 Å². The van der Waals surface area contributed by atoms with Gasteiger partial charge in [0.15, 0.2) is 0 Å². The number of nitrogens with zero attached hydrogens (tertiary/aromatic N) is 1. The summed E-state index contributed by atoms with van der Waals surface area (Å²) in [6.45, 7) is 7.12. The zero-order chi connectivity index (χ0) is 9.78. The molecule has 0 aromatic carbocycles. The molecule has 0 aliphatic carbocycles. The first-order chi connectivity index (χ1) is 5.31. The summed E-state index contributed by atoms with van der Waals surface area (Å²) in [5, 5.41) is 2.99. The fraction of sp³-hybridized carbons (Fsp3) is 0.875. The van der Waals surface area contributed by atoms with Gasteiger partial charge in [0.25, 0.3) is 6.43 Å². The summed E-state index contributed by atoms with van der Waals surface area (Å²) in [6, 6.07) is 0. The van der Waals surface area contributed by atoms with Gasteiger partial charge in [-0.15, -0.1) is 0 Å². The van der Waals surface area contributed by atoms with Crippen molar-refractivity contribution in [3.05, 3.63) is 0 Å². The quantitative estimate of drug-likeness (QED) is 0.508. The van der Waals surface area contributed by atoms with E-state index >= 15 is 0 Å². The molecule has 0 aromatic heterocycles. The molecular formula is C8H16F2N2. The minimum Gasteiger partial charge on any atom is -0.369 e. The maximum absolute atomic E-state index is 11.7. The number of amidine groups is 1. The van der Waals surface area contributed by atoms with E-state index < -0.39 is 13.0 Å². The molecule has 4 heteroatoms. The second-order valence-corrected chi connectivity index (χ2v) is 3.69. The van der Waals surface area contributed by atoms with Crippen molar-refractivity contribution < 1.29 is 8.78 Å². The van der Waals surface area contributed by atoms with Crippen molar-refractivity contribution in [2.24, 2.45) is 4.99 Å². The molecule has 0 fully saturated rings. The number of alkyl halides is 2. The van der Waals surface area contributed by atoms with Crippen LogP contribution in [0.4, 0.5) is 8.78 Å². The Hall–Kier alpha value is -0.670. The van der Waals surface area contributed by atoms with Crippen LogP contribution in [0.25, 0.3) is 0 Å². The van der Waals surface area contributed by atoms with Crippen LogP contribution in [0.15, 0.2) is 4.99 Å². The van der Waals surface area contributed by atoms with Crippen LogP contribution < -0.4 is 5.32 Å². The fourth-order valence-electron chi connectivity index (χ4n) is 0.788. The van der Waals surface area contributed by atoms with E-state index in [4.69, 9.17) is 0 Å². The molecule has 0 saturated heterocycles. The molecule has 0 aliphatic rings. The first-order valence-electron chi connectivity index (χ1n) is 3.88. The molecule has 72 valence electrons. The molecule has 0 spiro atoms. The number of nitrogens with one attached hydrogen (secondary N) is 1. The van der Waals surface area contributed by atoms with Crippen LogP contribution in [0, 0.1) is 0 Å². The number of hydrogen-bond donors (Lipinski definition) is 1. The molecule has 0 rings (SSSR count).